The lowest BCUT2D eigenvalue weighted by Crippen LogP contribution is -2.36. The second kappa shape index (κ2) is 6.72. The van der Waals surface area contributed by atoms with Gasteiger partial charge in [0.1, 0.15) is 0 Å². The molecule has 0 bridgehead atoms. The van der Waals surface area contributed by atoms with E-state index in [2.05, 4.69) is 10.2 Å². The smallest absolute Gasteiger partial charge is 0.328 e. The molecule has 1 amide bonds. The highest BCUT2D eigenvalue weighted by molar-refractivity contribution is 6.02. The summed E-state index contributed by atoms with van der Waals surface area (Å²) in [7, 11) is 0. The van der Waals surface area contributed by atoms with Gasteiger partial charge in [-0.25, -0.2) is 4.79 Å². The van der Waals surface area contributed by atoms with Crippen molar-refractivity contribution in [1.29, 1.82) is 0 Å². The molecule has 0 atom stereocenters. The zero-order valence-corrected chi connectivity index (χ0v) is 10.9. The van der Waals surface area contributed by atoms with Crippen molar-refractivity contribution in [1.82, 2.24) is 0 Å². The molecule has 6 heteroatoms. The van der Waals surface area contributed by atoms with Gasteiger partial charge < -0.3 is 20.1 Å². The average Bonchev–Trinajstić information content (AvgIpc) is 2.47. The van der Waals surface area contributed by atoms with Crippen molar-refractivity contribution in [2.24, 2.45) is 0 Å². The largest absolute Gasteiger partial charge is 0.478 e. The minimum atomic E-state index is -1.15. The van der Waals surface area contributed by atoms with E-state index in [9.17, 15) is 9.59 Å². The zero-order valence-electron chi connectivity index (χ0n) is 10.9. The van der Waals surface area contributed by atoms with Crippen LogP contribution in [0, 0.1) is 0 Å². The van der Waals surface area contributed by atoms with Crippen molar-refractivity contribution in [2.75, 3.05) is 36.5 Å². The Morgan fingerprint density at radius 2 is 1.80 bits per heavy atom. The monoisotopic (exact) mass is 276 g/mol. The zero-order chi connectivity index (χ0) is 14.4. The molecule has 1 aromatic rings. The molecule has 6 nitrogen and oxygen atoms in total. The van der Waals surface area contributed by atoms with E-state index >= 15 is 0 Å². The number of aliphatic carboxylic acids is 1. The lowest BCUT2D eigenvalue weighted by molar-refractivity contribution is -0.131. The highest BCUT2D eigenvalue weighted by atomic mass is 16.5. The lowest BCUT2D eigenvalue weighted by atomic mass is 10.2. The Hall–Kier alpha value is -2.34. The van der Waals surface area contributed by atoms with Gasteiger partial charge in [-0.05, 0) is 24.3 Å². The number of carboxylic acid groups (broad SMARTS) is 1. The molecule has 20 heavy (non-hydrogen) atoms. The molecule has 1 aliphatic rings. The van der Waals surface area contributed by atoms with Crippen LogP contribution in [0.5, 0.6) is 0 Å². The standard InChI is InChI=1S/C14H16N2O4/c17-13(5-6-14(18)19)15-11-1-3-12(4-2-11)16-7-9-20-10-8-16/h1-6H,7-10H2,(H,15,17)(H,18,19)/b6-5-. The van der Waals surface area contributed by atoms with Gasteiger partial charge in [0.2, 0.25) is 5.91 Å². The fourth-order valence-corrected chi connectivity index (χ4v) is 1.91. The molecule has 1 saturated heterocycles. The van der Waals surface area contributed by atoms with Crippen molar-refractivity contribution in [3.8, 4) is 0 Å². The molecule has 1 aromatic carbocycles. The number of carboxylic acids is 1. The van der Waals surface area contributed by atoms with Crippen LogP contribution in [0.2, 0.25) is 0 Å². The molecule has 0 unspecified atom stereocenters. The van der Waals surface area contributed by atoms with Gasteiger partial charge in [-0.3, -0.25) is 4.79 Å². The van der Waals surface area contributed by atoms with Crippen LogP contribution in [-0.2, 0) is 14.3 Å². The number of nitrogens with zero attached hydrogens (tertiary/aromatic N) is 1. The van der Waals surface area contributed by atoms with Crippen molar-refractivity contribution in [3.05, 3.63) is 36.4 Å². The number of nitrogens with one attached hydrogen (secondary N) is 1. The summed E-state index contributed by atoms with van der Waals surface area (Å²) in [6.45, 7) is 3.15. The van der Waals surface area contributed by atoms with Crippen LogP contribution in [0.1, 0.15) is 0 Å². The number of rotatable bonds is 4. The van der Waals surface area contributed by atoms with Crippen LogP contribution in [0.15, 0.2) is 36.4 Å². The summed E-state index contributed by atoms with van der Waals surface area (Å²) >= 11 is 0. The molecule has 2 N–H and O–H groups in total. The Kier molecular flexibility index (Phi) is 4.73. The number of hydrogen-bond donors (Lipinski definition) is 2. The van der Waals surface area contributed by atoms with Gasteiger partial charge in [0.05, 0.1) is 13.2 Å². The maximum atomic E-state index is 11.4. The minimum Gasteiger partial charge on any atom is -0.478 e. The fraction of sp³-hybridized carbons (Fsp3) is 0.286. The number of ether oxygens (including phenoxy) is 1. The number of carbonyl (C=O) groups is 2. The molecular formula is C14H16N2O4. The topological polar surface area (TPSA) is 78.9 Å². The summed E-state index contributed by atoms with van der Waals surface area (Å²) in [4.78, 5) is 23.9. The van der Waals surface area contributed by atoms with E-state index in [0.29, 0.717) is 5.69 Å². The first-order valence-electron chi connectivity index (χ1n) is 6.30. The van der Waals surface area contributed by atoms with Gasteiger partial charge in [-0.1, -0.05) is 0 Å². The Balaban J connectivity index is 1.94. The van der Waals surface area contributed by atoms with Crippen LogP contribution in [0.25, 0.3) is 0 Å². The summed E-state index contributed by atoms with van der Waals surface area (Å²) in [5, 5.41) is 11.0. The number of amides is 1. The molecule has 0 aromatic heterocycles. The second-order valence-electron chi connectivity index (χ2n) is 4.31. The van der Waals surface area contributed by atoms with E-state index in [4.69, 9.17) is 9.84 Å². The Labute approximate surface area is 116 Å². The van der Waals surface area contributed by atoms with Gasteiger partial charge in [0.15, 0.2) is 0 Å². The molecule has 1 fully saturated rings. The van der Waals surface area contributed by atoms with Crippen molar-refractivity contribution in [2.45, 2.75) is 0 Å². The SMILES string of the molecule is O=C(O)/C=C\C(=O)Nc1ccc(N2CCOCC2)cc1. The number of benzene rings is 1. The highest BCUT2D eigenvalue weighted by Gasteiger charge is 2.10. The minimum absolute atomic E-state index is 0.466. The maximum absolute atomic E-state index is 11.4. The summed E-state index contributed by atoms with van der Waals surface area (Å²) in [5.41, 5.74) is 1.70. The normalized spacial score (nSPS) is 15.3. The lowest BCUT2D eigenvalue weighted by Gasteiger charge is -2.28. The molecule has 1 heterocycles. The fourth-order valence-electron chi connectivity index (χ4n) is 1.91. The molecular weight excluding hydrogens is 260 g/mol. The molecule has 0 radical (unpaired) electrons. The van der Waals surface area contributed by atoms with Crippen LogP contribution in [0.3, 0.4) is 0 Å². The quantitative estimate of drug-likeness (QED) is 0.805. The Morgan fingerprint density at radius 1 is 1.15 bits per heavy atom. The third-order valence-corrected chi connectivity index (χ3v) is 2.89. The summed E-state index contributed by atoms with van der Waals surface area (Å²) < 4.78 is 5.29. The molecule has 2 rings (SSSR count). The third kappa shape index (κ3) is 4.10. The van der Waals surface area contributed by atoms with E-state index in [0.717, 1.165) is 44.1 Å². The van der Waals surface area contributed by atoms with Crippen LogP contribution < -0.4 is 10.2 Å². The predicted molar refractivity (Wildman–Crippen MR) is 74.9 cm³/mol. The summed E-state index contributed by atoms with van der Waals surface area (Å²) in [6.07, 6.45) is 1.79. The maximum Gasteiger partial charge on any atom is 0.328 e. The van der Waals surface area contributed by atoms with E-state index in [1.165, 1.54) is 0 Å². The molecule has 0 aliphatic carbocycles. The van der Waals surface area contributed by atoms with E-state index in [1.807, 2.05) is 12.1 Å². The predicted octanol–water partition coefficient (Wildman–Crippen LogP) is 1.10. The number of anilines is 2. The van der Waals surface area contributed by atoms with E-state index in [1.54, 1.807) is 12.1 Å². The first-order chi connectivity index (χ1) is 9.65. The van der Waals surface area contributed by atoms with Crippen LogP contribution in [0.4, 0.5) is 11.4 Å². The van der Waals surface area contributed by atoms with Gasteiger partial charge in [0.25, 0.3) is 0 Å². The summed E-state index contributed by atoms with van der Waals surface area (Å²) in [6, 6.07) is 7.41. The van der Waals surface area contributed by atoms with E-state index in [-0.39, 0.29) is 0 Å². The highest BCUT2D eigenvalue weighted by Crippen LogP contribution is 2.18. The molecule has 0 spiro atoms. The Bertz CT molecular complexity index is 504. The van der Waals surface area contributed by atoms with Crippen molar-refractivity contribution >= 4 is 23.3 Å². The molecule has 1 aliphatic heterocycles. The van der Waals surface area contributed by atoms with Gasteiger partial charge >= 0.3 is 5.97 Å². The molecule has 106 valence electrons. The van der Waals surface area contributed by atoms with Gasteiger partial charge in [-0.15, -0.1) is 0 Å². The van der Waals surface area contributed by atoms with Crippen LogP contribution >= 0.6 is 0 Å². The van der Waals surface area contributed by atoms with Crippen LogP contribution in [-0.4, -0.2) is 43.3 Å². The molecule has 0 saturated carbocycles. The van der Waals surface area contributed by atoms with Gasteiger partial charge in [0, 0.05) is 36.6 Å². The number of carbonyl (C=O) groups excluding carboxylic acids is 1. The first-order valence-corrected chi connectivity index (χ1v) is 6.30. The summed E-state index contributed by atoms with van der Waals surface area (Å²) in [5.74, 6) is -1.62. The third-order valence-electron chi connectivity index (χ3n) is 2.89. The van der Waals surface area contributed by atoms with E-state index < -0.39 is 11.9 Å². The number of hydrogen-bond acceptors (Lipinski definition) is 4. The average molecular weight is 276 g/mol. The van der Waals surface area contributed by atoms with Crippen molar-refractivity contribution < 1.29 is 19.4 Å². The first kappa shape index (κ1) is 14.1. The Morgan fingerprint density at radius 3 is 2.40 bits per heavy atom. The second-order valence-corrected chi connectivity index (χ2v) is 4.31. The van der Waals surface area contributed by atoms with Gasteiger partial charge in [-0.2, -0.15) is 0 Å². The number of morpholine rings is 1. The van der Waals surface area contributed by atoms with Crippen molar-refractivity contribution in [3.63, 3.8) is 0 Å².